The Bertz CT molecular complexity index is 438. The third-order valence-corrected chi connectivity index (χ3v) is 1.87. The van der Waals surface area contributed by atoms with Crippen LogP contribution in [0, 0.1) is 0 Å². The Morgan fingerprint density at radius 2 is 2.06 bits per heavy atom. The molecule has 0 saturated heterocycles. The molecule has 0 aliphatic rings. The zero-order chi connectivity index (χ0) is 11.6. The van der Waals surface area contributed by atoms with Crippen molar-refractivity contribution in [1.29, 1.82) is 0 Å². The molecule has 0 aromatic carbocycles. The molecular weight excluding hydrogens is 221 g/mol. The van der Waals surface area contributed by atoms with E-state index in [0.717, 1.165) is 6.33 Å². The van der Waals surface area contributed by atoms with Gasteiger partial charge in [0.15, 0.2) is 0 Å². The SMILES string of the molecule is FC(F)(F)N(c1ccncn1)c1ccc[nH]1. The van der Waals surface area contributed by atoms with Crippen molar-refractivity contribution in [3.63, 3.8) is 0 Å². The molecule has 2 heterocycles. The summed E-state index contributed by atoms with van der Waals surface area (Å²) in [6, 6.07) is 3.99. The van der Waals surface area contributed by atoms with Crippen LogP contribution in [0.3, 0.4) is 0 Å². The highest BCUT2D eigenvalue weighted by Crippen LogP contribution is 2.33. The average Bonchev–Trinajstić information content (AvgIpc) is 2.71. The fourth-order valence-electron chi connectivity index (χ4n) is 1.27. The molecule has 7 heteroatoms. The monoisotopic (exact) mass is 228 g/mol. The molecule has 0 atom stereocenters. The van der Waals surface area contributed by atoms with Crippen molar-refractivity contribution in [2.45, 2.75) is 6.30 Å². The first-order valence-corrected chi connectivity index (χ1v) is 4.35. The molecule has 0 aliphatic heterocycles. The van der Waals surface area contributed by atoms with Gasteiger partial charge in [0.25, 0.3) is 0 Å². The van der Waals surface area contributed by atoms with E-state index >= 15 is 0 Å². The molecule has 0 amide bonds. The zero-order valence-corrected chi connectivity index (χ0v) is 7.94. The Hall–Kier alpha value is -2.05. The lowest BCUT2D eigenvalue weighted by Gasteiger charge is -2.23. The van der Waals surface area contributed by atoms with Gasteiger partial charge in [0, 0.05) is 12.4 Å². The fourth-order valence-corrected chi connectivity index (χ4v) is 1.27. The number of anilines is 2. The minimum atomic E-state index is -4.54. The van der Waals surface area contributed by atoms with Crippen LogP contribution in [0.4, 0.5) is 24.8 Å². The van der Waals surface area contributed by atoms with Gasteiger partial charge in [-0.1, -0.05) is 0 Å². The quantitative estimate of drug-likeness (QED) is 0.803. The van der Waals surface area contributed by atoms with Gasteiger partial charge in [-0.15, -0.1) is 13.2 Å². The van der Waals surface area contributed by atoms with Crippen LogP contribution in [0.25, 0.3) is 0 Å². The summed E-state index contributed by atoms with van der Waals surface area (Å²) in [5.74, 6) is -0.323. The fraction of sp³-hybridized carbons (Fsp3) is 0.111. The van der Waals surface area contributed by atoms with Crippen LogP contribution in [0.15, 0.2) is 36.9 Å². The number of halogens is 3. The maximum atomic E-state index is 12.8. The van der Waals surface area contributed by atoms with Gasteiger partial charge in [0.1, 0.15) is 18.0 Å². The maximum Gasteiger partial charge on any atom is 0.491 e. The highest BCUT2D eigenvalue weighted by atomic mass is 19.4. The van der Waals surface area contributed by atoms with Crippen LogP contribution < -0.4 is 4.90 Å². The number of rotatable bonds is 2. The summed E-state index contributed by atoms with van der Waals surface area (Å²) in [6.07, 6.45) is -0.810. The molecule has 0 radical (unpaired) electrons. The van der Waals surface area contributed by atoms with Gasteiger partial charge < -0.3 is 4.98 Å². The largest absolute Gasteiger partial charge is 0.491 e. The van der Waals surface area contributed by atoms with Crippen molar-refractivity contribution in [3.8, 4) is 0 Å². The van der Waals surface area contributed by atoms with E-state index in [4.69, 9.17) is 0 Å². The summed E-state index contributed by atoms with van der Waals surface area (Å²) >= 11 is 0. The summed E-state index contributed by atoms with van der Waals surface area (Å²) in [7, 11) is 0. The second-order valence-electron chi connectivity index (χ2n) is 2.93. The topological polar surface area (TPSA) is 44.8 Å². The predicted molar refractivity (Wildman–Crippen MR) is 51.0 cm³/mol. The molecule has 2 aromatic rings. The van der Waals surface area contributed by atoms with Crippen molar-refractivity contribution in [2.24, 2.45) is 0 Å². The number of alkyl halides is 3. The van der Waals surface area contributed by atoms with Crippen LogP contribution in [-0.4, -0.2) is 21.3 Å². The van der Waals surface area contributed by atoms with Gasteiger partial charge in [-0.3, -0.25) is 0 Å². The minimum absolute atomic E-state index is 0.0915. The van der Waals surface area contributed by atoms with Crippen molar-refractivity contribution in [3.05, 3.63) is 36.9 Å². The van der Waals surface area contributed by atoms with Crippen molar-refractivity contribution in [1.82, 2.24) is 15.0 Å². The highest BCUT2D eigenvalue weighted by Gasteiger charge is 2.40. The van der Waals surface area contributed by atoms with Gasteiger partial charge in [0.2, 0.25) is 0 Å². The van der Waals surface area contributed by atoms with Crippen LogP contribution in [-0.2, 0) is 0 Å². The summed E-state index contributed by atoms with van der Waals surface area (Å²) in [4.78, 5) is 9.79. The van der Waals surface area contributed by atoms with E-state index in [2.05, 4.69) is 15.0 Å². The van der Waals surface area contributed by atoms with Gasteiger partial charge in [-0.05, 0) is 18.2 Å². The minimum Gasteiger partial charge on any atom is -0.348 e. The highest BCUT2D eigenvalue weighted by molar-refractivity contribution is 5.56. The molecule has 0 unspecified atom stereocenters. The van der Waals surface area contributed by atoms with E-state index in [9.17, 15) is 13.2 Å². The average molecular weight is 228 g/mol. The van der Waals surface area contributed by atoms with Crippen molar-refractivity contribution in [2.75, 3.05) is 4.90 Å². The van der Waals surface area contributed by atoms with Gasteiger partial charge in [-0.2, -0.15) is 0 Å². The Morgan fingerprint density at radius 1 is 1.25 bits per heavy atom. The van der Waals surface area contributed by atoms with Gasteiger partial charge >= 0.3 is 6.30 Å². The smallest absolute Gasteiger partial charge is 0.348 e. The van der Waals surface area contributed by atoms with E-state index < -0.39 is 6.30 Å². The van der Waals surface area contributed by atoms with E-state index in [0.29, 0.717) is 0 Å². The second kappa shape index (κ2) is 3.84. The van der Waals surface area contributed by atoms with E-state index in [-0.39, 0.29) is 16.5 Å². The molecule has 0 spiro atoms. The Morgan fingerprint density at radius 3 is 2.56 bits per heavy atom. The lowest BCUT2D eigenvalue weighted by atomic mass is 10.4. The van der Waals surface area contributed by atoms with Crippen LogP contribution >= 0.6 is 0 Å². The van der Waals surface area contributed by atoms with E-state index in [1.807, 2.05) is 0 Å². The lowest BCUT2D eigenvalue weighted by Crippen LogP contribution is -2.34. The first-order chi connectivity index (χ1) is 7.59. The molecule has 0 aliphatic carbocycles. The third-order valence-electron chi connectivity index (χ3n) is 1.87. The molecule has 84 valence electrons. The number of hydrogen-bond donors (Lipinski definition) is 1. The van der Waals surface area contributed by atoms with Crippen LogP contribution in [0.5, 0.6) is 0 Å². The molecule has 2 aromatic heterocycles. The molecule has 0 bridgehead atoms. The number of aromatic amines is 1. The standard InChI is InChI=1S/C9H7F3N4/c10-9(11,12)16(7-2-1-4-14-7)8-3-5-13-6-15-8/h1-6,14H. The number of H-pyrrole nitrogens is 1. The summed E-state index contributed by atoms with van der Waals surface area (Å²) < 4.78 is 38.4. The normalized spacial score (nSPS) is 11.4. The maximum absolute atomic E-state index is 12.8. The van der Waals surface area contributed by atoms with Crippen LogP contribution in [0.1, 0.15) is 0 Å². The first-order valence-electron chi connectivity index (χ1n) is 4.35. The van der Waals surface area contributed by atoms with Gasteiger partial charge in [0.05, 0.1) is 0 Å². The van der Waals surface area contributed by atoms with Crippen molar-refractivity contribution >= 4 is 11.6 Å². The number of aromatic nitrogens is 3. The summed E-state index contributed by atoms with van der Waals surface area (Å²) in [6.45, 7) is 0. The molecule has 2 rings (SSSR count). The number of hydrogen-bond acceptors (Lipinski definition) is 3. The Balaban J connectivity index is 2.45. The van der Waals surface area contributed by atoms with Crippen LogP contribution in [0.2, 0.25) is 0 Å². The molecule has 0 saturated carbocycles. The lowest BCUT2D eigenvalue weighted by molar-refractivity contribution is -0.121. The second-order valence-corrected chi connectivity index (χ2v) is 2.93. The van der Waals surface area contributed by atoms with Crippen molar-refractivity contribution < 1.29 is 13.2 Å². The molecule has 1 N–H and O–H groups in total. The summed E-state index contributed by atoms with van der Waals surface area (Å²) in [5, 5.41) is 0. The Labute approximate surface area is 88.8 Å². The van der Waals surface area contributed by atoms with E-state index in [1.165, 1.54) is 30.6 Å². The molecule has 4 nitrogen and oxygen atoms in total. The third kappa shape index (κ3) is 1.97. The summed E-state index contributed by atoms with van der Waals surface area (Å²) in [5.41, 5.74) is 0. The number of nitrogens with one attached hydrogen (secondary N) is 1. The van der Waals surface area contributed by atoms with E-state index in [1.54, 1.807) is 0 Å². The predicted octanol–water partition coefficient (Wildman–Crippen LogP) is 2.46. The Kier molecular flexibility index (Phi) is 2.51. The van der Waals surface area contributed by atoms with Gasteiger partial charge in [-0.25, -0.2) is 14.9 Å². The molecule has 0 fully saturated rings. The molecule has 16 heavy (non-hydrogen) atoms. The zero-order valence-electron chi connectivity index (χ0n) is 7.94. The number of nitrogens with zero attached hydrogens (tertiary/aromatic N) is 3. The molecular formula is C9H7F3N4. The first kappa shape index (κ1) is 10.5.